The number of sulfonamides is 1. The summed E-state index contributed by atoms with van der Waals surface area (Å²) in [6, 6.07) is 6.60. The van der Waals surface area contributed by atoms with Crippen molar-refractivity contribution < 1.29 is 17.7 Å². The number of hydrogen-bond acceptors (Lipinski definition) is 5. The summed E-state index contributed by atoms with van der Waals surface area (Å²) in [6.45, 7) is 8.46. The van der Waals surface area contributed by atoms with E-state index < -0.39 is 10.0 Å². The van der Waals surface area contributed by atoms with Crippen molar-refractivity contribution in [3.8, 4) is 0 Å². The van der Waals surface area contributed by atoms with Crippen molar-refractivity contribution in [2.24, 2.45) is 0 Å². The van der Waals surface area contributed by atoms with Gasteiger partial charge in [-0.05, 0) is 29.7 Å². The highest BCUT2D eigenvalue weighted by Crippen LogP contribution is 2.27. The Labute approximate surface area is 153 Å². The molecule has 140 valence electrons. The average molecular weight is 377 g/mol. The van der Waals surface area contributed by atoms with Crippen molar-refractivity contribution in [3.05, 3.63) is 41.2 Å². The average Bonchev–Trinajstić information content (AvgIpc) is 3.01. The van der Waals surface area contributed by atoms with Gasteiger partial charge in [0, 0.05) is 31.5 Å². The molecule has 0 aliphatic carbocycles. The molecular formula is C18H23N3O4S. The highest BCUT2D eigenvalue weighted by molar-refractivity contribution is 7.92. The van der Waals surface area contributed by atoms with Crippen molar-refractivity contribution in [1.29, 1.82) is 0 Å². The zero-order valence-electron chi connectivity index (χ0n) is 15.4. The van der Waals surface area contributed by atoms with Gasteiger partial charge in [0.15, 0.2) is 5.82 Å². The van der Waals surface area contributed by atoms with Crippen molar-refractivity contribution in [1.82, 2.24) is 10.1 Å². The Hall–Kier alpha value is -2.35. The monoisotopic (exact) mass is 377 g/mol. The molecule has 2 aromatic rings. The molecule has 2 heterocycles. The van der Waals surface area contributed by atoms with Gasteiger partial charge in [-0.1, -0.05) is 32.0 Å². The van der Waals surface area contributed by atoms with Crippen molar-refractivity contribution >= 4 is 21.7 Å². The quantitative estimate of drug-likeness (QED) is 0.888. The standard InChI is InChI=1S/C18H23N3O4S/c1-12(22)21-8-7-13-5-6-15(9-14(13)11-21)26(23,24)20-17-10-16(25-19-17)18(2,3)4/h5-6,9-10H,7-8,11H2,1-4H3,(H,19,20). The van der Waals surface area contributed by atoms with E-state index in [4.69, 9.17) is 4.52 Å². The van der Waals surface area contributed by atoms with Gasteiger partial charge in [-0.3, -0.25) is 9.52 Å². The molecule has 0 atom stereocenters. The Morgan fingerprint density at radius 1 is 1.23 bits per heavy atom. The van der Waals surface area contributed by atoms with Gasteiger partial charge in [0.25, 0.3) is 10.0 Å². The number of carbonyl (C=O) groups excluding carboxylic acids is 1. The summed E-state index contributed by atoms with van der Waals surface area (Å²) in [5, 5.41) is 3.80. The number of nitrogens with zero attached hydrogens (tertiary/aromatic N) is 2. The van der Waals surface area contributed by atoms with Crippen LogP contribution in [0.2, 0.25) is 0 Å². The van der Waals surface area contributed by atoms with Crippen LogP contribution in [-0.4, -0.2) is 30.9 Å². The maximum absolute atomic E-state index is 12.7. The number of rotatable bonds is 3. The van der Waals surface area contributed by atoms with Crippen molar-refractivity contribution in [3.63, 3.8) is 0 Å². The number of anilines is 1. The van der Waals surface area contributed by atoms with E-state index in [0.717, 1.165) is 17.5 Å². The number of carbonyl (C=O) groups is 1. The Morgan fingerprint density at radius 2 is 1.96 bits per heavy atom. The smallest absolute Gasteiger partial charge is 0.263 e. The summed E-state index contributed by atoms with van der Waals surface area (Å²) in [5.74, 6) is 0.732. The van der Waals surface area contributed by atoms with E-state index in [9.17, 15) is 13.2 Å². The van der Waals surface area contributed by atoms with Crippen LogP contribution in [0.1, 0.15) is 44.6 Å². The van der Waals surface area contributed by atoms with Crippen LogP contribution in [0.3, 0.4) is 0 Å². The molecule has 3 rings (SSSR count). The minimum Gasteiger partial charge on any atom is -0.359 e. The van der Waals surface area contributed by atoms with E-state index in [1.54, 1.807) is 23.1 Å². The van der Waals surface area contributed by atoms with E-state index in [1.807, 2.05) is 26.8 Å². The van der Waals surface area contributed by atoms with Crippen LogP contribution in [-0.2, 0) is 33.2 Å². The topological polar surface area (TPSA) is 92.5 Å². The first-order chi connectivity index (χ1) is 12.1. The molecule has 8 heteroatoms. The fourth-order valence-electron chi connectivity index (χ4n) is 2.84. The van der Waals surface area contributed by atoms with E-state index in [1.165, 1.54) is 6.92 Å². The Morgan fingerprint density at radius 3 is 2.58 bits per heavy atom. The van der Waals surface area contributed by atoms with E-state index in [-0.39, 0.29) is 22.0 Å². The van der Waals surface area contributed by atoms with Gasteiger partial charge in [0.05, 0.1) is 4.90 Å². The van der Waals surface area contributed by atoms with Gasteiger partial charge in [-0.15, -0.1) is 0 Å². The molecule has 0 saturated carbocycles. The van der Waals surface area contributed by atoms with Crippen LogP contribution in [0.15, 0.2) is 33.7 Å². The highest BCUT2D eigenvalue weighted by Gasteiger charge is 2.24. The number of fused-ring (bicyclic) bond motifs is 1. The maximum atomic E-state index is 12.7. The third-order valence-electron chi connectivity index (χ3n) is 4.43. The second-order valence-corrected chi connectivity index (χ2v) is 9.24. The van der Waals surface area contributed by atoms with Crippen LogP contribution in [0.25, 0.3) is 0 Å². The molecule has 0 fully saturated rings. The lowest BCUT2D eigenvalue weighted by Crippen LogP contribution is -2.34. The minimum atomic E-state index is -3.79. The lowest BCUT2D eigenvalue weighted by Gasteiger charge is -2.28. The van der Waals surface area contributed by atoms with Crippen LogP contribution < -0.4 is 4.72 Å². The van der Waals surface area contributed by atoms with Gasteiger partial charge in [-0.2, -0.15) is 0 Å². The zero-order valence-corrected chi connectivity index (χ0v) is 16.2. The van der Waals surface area contributed by atoms with Gasteiger partial charge in [0.1, 0.15) is 5.76 Å². The summed E-state index contributed by atoms with van der Waals surface area (Å²) in [5.41, 5.74) is 1.65. The molecule has 0 radical (unpaired) electrons. The molecule has 1 amide bonds. The highest BCUT2D eigenvalue weighted by atomic mass is 32.2. The SMILES string of the molecule is CC(=O)N1CCc2ccc(S(=O)(=O)Nc3cc(C(C)(C)C)on3)cc2C1. The van der Waals surface area contributed by atoms with Crippen LogP contribution in [0.4, 0.5) is 5.82 Å². The van der Waals surface area contributed by atoms with Crippen LogP contribution >= 0.6 is 0 Å². The predicted octanol–water partition coefficient (Wildman–Crippen LogP) is 2.68. The normalized spacial score (nSPS) is 14.8. The van der Waals surface area contributed by atoms with E-state index in [0.29, 0.717) is 18.8 Å². The number of aromatic nitrogens is 1. The van der Waals surface area contributed by atoms with Gasteiger partial charge in [-0.25, -0.2) is 8.42 Å². The number of hydrogen-bond donors (Lipinski definition) is 1. The molecule has 0 unspecified atom stereocenters. The molecule has 0 spiro atoms. The molecule has 1 aromatic heterocycles. The summed E-state index contributed by atoms with van der Waals surface area (Å²) in [4.78, 5) is 13.4. The van der Waals surface area contributed by atoms with Crippen molar-refractivity contribution in [2.75, 3.05) is 11.3 Å². The predicted molar refractivity (Wildman–Crippen MR) is 97.2 cm³/mol. The molecular weight excluding hydrogens is 354 g/mol. The maximum Gasteiger partial charge on any atom is 0.263 e. The third kappa shape index (κ3) is 3.75. The van der Waals surface area contributed by atoms with Gasteiger partial charge in [0.2, 0.25) is 5.91 Å². The third-order valence-corrected chi connectivity index (χ3v) is 5.79. The zero-order chi connectivity index (χ0) is 19.1. The fraction of sp³-hybridized carbons (Fsp3) is 0.444. The minimum absolute atomic E-state index is 0.0145. The van der Waals surface area contributed by atoms with Crippen LogP contribution in [0, 0.1) is 0 Å². The first-order valence-electron chi connectivity index (χ1n) is 8.43. The number of benzene rings is 1. The molecule has 1 aliphatic heterocycles. The van der Waals surface area contributed by atoms with Crippen molar-refractivity contribution in [2.45, 2.75) is 51.0 Å². The second kappa shape index (κ2) is 6.42. The van der Waals surface area contributed by atoms with Gasteiger partial charge >= 0.3 is 0 Å². The summed E-state index contributed by atoms with van der Waals surface area (Å²) >= 11 is 0. The summed E-state index contributed by atoms with van der Waals surface area (Å²) in [6.07, 6.45) is 0.723. The molecule has 1 aliphatic rings. The number of nitrogens with one attached hydrogen (secondary N) is 1. The lowest BCUT2D eigenvalue weighted by atomic mass is 9.93. The fourth-order valence-corrected chi connectivity index (χ4v) is 3.88. The summed E-state index contributed by atoms with van der Waals surface area (Å²) < 4.78 is 33.1. The lowest BCUT2D eigenvalue weighted by molar-refractivity contribution is -0.129. The van der Waals surface area contributed by atoms with E-state index in [2.05, 4.69) is 9.88 Å². The Bertz CT molecular complexity index is 942. The Balaban J connectivity index is 1.85. The molecule has 1 N–H and O–H groups in total. The first kappa shape index (κ1) is 18.4. The summed E-state index contributed by atoms with van der Waals surface area (Å²) in [7, 11) is -3.79. The largest absolute Gasteiger partial charge is 0.359 e. The second-order valence-electron chi connectivity index (χ2n) is 7.55. The molecule has 1 aromatic carbocycles. The first-order valence-corrected chi connectivity index (χ1v) is 9.92. The molecule has 26 heavy (non-hydrogen) atoms. The van der Waals surface area contributed by atoms with Crippen LogP contribution in [0.5, 0.6) is 0 Å². The molecule has 7 nitrogen and oxygen atoms in total. The van der Waals surface area contributed by atoms with E-state index >= 15 is 0 Å². The number of amides is 1. The van der Waals surface area contributed by atoms with Gasteiger partial charge < -0.3 is 9.42 Å². The molecule has 0 bridgehead atoms. The molecule has 0 saturated heterocycles. The Kier molecular flexibility index (Phi) is 4.56.